The van der Waals surface area contributed by atoms with Crippen LogP contribution in [0.2, 0.25) is 0 Å². The van der Waals surface area contributed by atoms with E-state index in [4.69, 9.17) is 4.74 Å². The van der Waals surface area contributed by atoms with Crippen LogP contribution in [-0.4, -0.2) is 25.4 Å². The zero-order valence-electron chi connectivity index (χ0n) is 10.4. The number of hydrogen-bond donors (Lipinski definition) is 2. The Morgan fingerprint density at radius 1 is 1.44 bits per heavy atom. The number of aliphatic hydroxyl groups excluding tert-OH is 1. The van der Waals surface area contributed by atoms with Gasteiger partial charge in [0, 0.05) is 5.56 Å². The number of hydrogen-bond acceptors (Lipinski definition) is 3. The van der Waals surface area contributed by atoms with Crippen molar-refractivity contribution in [1.82, 2.24) is 5.32 Å². The van der Waals surface area contributed by atoms with Gasteiger partial charge in [0.15, 0.2) is 0 Å². The summed E-state index contributed by atoms with van der Waals surface area (Å²) in [6.45, 7) is 3.89. The molecule has 0 aliphatic heterocycles. The molecule has 0 spiro atoms. The van der Waals surface area contributed by atoms with Crippen molar-refractivity contribution in [1.29, 1.82) is 0 Å². The standard InChI is InChI=1S/C13H21NO2/c1-5-10-6-7-12(16-4)11(8-10)13(14-3)9(2)15/h6-9,13-15H,5H2,1-4H3. The Morgan fingerprint density at radius 2 is 2.12 bits per heavy atom. The van der Waals surface area contributed by atoms with Gasteiger partial charge in [0.2, 0.25) is 0 Å². The molecule has 3 nitrogen and oxygen atoms in total. The number of aryl methyl sites for hydroxylation is 1. The Balaban J connectivity index is 3.15. The van der Waals surface area contributed by atoms with E-state index >= 15 is 0 Å². The maximum Gasteiger partial charge on any atom is 0.123 e. The minimum Gasteiger partial charge on any atom is -0.496 e. The summed E-state index contributed by atoms with van der Waals surface area (Å²) in [5.74, 6) is 0.817. The molecule has 0 aliphatic rings. The summed E-state index contributed by atoms with van der Waals surface area (Å²) in [4.78, 5) is 0. The summed E-state index contributed by atoms with van der Waals surface area (Å²) in [6, 6.07) is 6.01. The van der Waals surface area contributed by atoms with Gasteiger partial charge >= 0.3 is 0 Å². The third kappa shape index (κ3) is 2.74. The SMILES string of the molecule is CCc1ccc(OC)c(C(NC)C(C)O)c1. The summed E-state index contributed by atoms with van der Waals surface area (Å²) in [6.07, 6.45) is 0.527. The molecule has 0 aromatic heterocycles. The predicted octanol–water partition coefficient (Wildman–Crippen LogP) is 1.90. The van der Waals surface area contributed by atoms with Crippen LogP contribution in [0.3, 0.4) is 0 Å². The van der Waals surface area contributed by atoms with Crippen molar-refractivity contribution in [2.24, 2.45) is 0 Å². The largest absolute Gasteiger partial charge is 0.496 e. The molecule has 0 radical (unpaired) electrons. The first-order chi connectivity index (χ1) is 7.63. The third-order valence-electron chi connectivity index (χ3n) is 2.83. The maximum atomic E-state index is 9.73. The highest BCUT2D eigenvalue weighted by Gasteiger charge is 2.19. The average Bonchev–Trinajstić information content (AvgIpc) is 2.29. The molecule has 3 heteroatoms. The second kappa shape index (κ2) is 5.87. The van der Waals surface area contributed by atoms with Gasteiger partial charge in [0.25, 0.3) is 0 Å². The molecule has 0 bridgehead atoms. The predicted molar refractivity (Wildman–Crippen MR) is 65.9 cm³/mol. The number of nitrogens with one attached hydrogen (secondary N) is 1. The third-order valence-corrected chi connectivity index (χ3v) is 2.83. The summed E-state index contributed by atoms with van der Waals surface area (Å²) >= 11 is 0. The van der Waals surface area contributed by atoms with E-state index in [2.05, 4.69) is 24.4 Å². The number of ether oxygens (including phenoxy) is 1. The lowest BCUT2D eigenvalue weighted by atomic mass is 9.98. The lowest BCUT2D eigenvalue weighted by Gasteiger charge is -2.22. The van der Waals surface area contributed by atoms with Crippen LogP contribution >= 0.6 is 0 Å². The molecule has 0 aliphatic carbocycles. The van der Waals surface area contributed by atoms with Crippen molar-refractivity contribution in [2.75, 3.05) is 14.2 Å². The number of likely N-dealkylation sites (N-methyl/N-ethyl adjacent to an activating group) is 1. The fourth-order valence-electron chi connectivity index (χ4n) is 1.90. The lowest BCUT2D eigenvalue weighted by Crippen LogP contribution is -2.27. The number of benzene rings is 1. The summed E-state index contributed by atoms with van der Waals surface area (Å²) in [7, 11) is 3.49. The van der Waals surface area contributed by atoms with E-state index in [-0.39, 0.29) is 6.04 Å². The van der Waals surface area contributed by atoms with E-state index in [0.29, 0.717) is 0 Å². The number of methoxy groups -OCH3 is 1. The first kappa shape index (κ1) is 13.0. The molecule has 0 saturated carbocycles. The Kier molecular flexibility index (Phi) is 4.77. The first-order valence-electron chi connectivity index (χ1n) is 5.66. The highest BCUT2D eigenvalue weighted by molar-refractivity contribution is 5.40. The first-order valence-corrected chi connectivity index (χ1v) is 5.66. The molecule has 0 saturated heterocycles. The van der Waals surface area contributed by atoms with Gasteiger partial charge in [-0.15, -0.1) is 0 Å². The topological polar surface area (TPSA) is 41.5 Å². The monoisotopic (exact) mass is 223 g/mol. The van der Waals surface area contributed by atoms with Crippen molar-refractivity contribution in [3.05, 3.63) is 29.3 Å². The van der Waals surface area contributed by atoms with Gasteiger partial charge in [0.1, 0.15) is 5.75 Å². The molecule has 2 N–H and O–H groups in total. The highest BCUT2D eigenvalue weighted by atomic mass is 16.5. The van der Waals surface area contributed by atoms with Crippen LogP contribution in [-0.2, 0) is 6.42 Å². The molecular weight excluding hydrogens is 202 g/mol. The van der Waals surface area contributed by atoms with Gasteiger partial charge in [-0.05, 0) is 32.0 Å². The molecule has 2 atom stereocenters. The highest BCUT2D eigenvalue weighted by Crippen LogP contribution is 2.28. The van der Waals surface area contributed by atoms with Crippen LogP contribution in [0.1, 0.15) is 31.0 Å². The van der Waals surface area contributed by atoms with Gasteiger partial charge in [-0.1, -0.05) is 19.1 Å². The van der Waals surface area contributed by atoms with E-state index in [1.54, 1.807) is 14.0 Å². The fourth-order valence-corrected chi connectivity index (χ4v) is 1.90. The molecule has 90 valence electrons. The van der Waals surface area contributed by atoms with Gasteiger partial charge in [-0.25, -0.2) is 0 Å². The van der Waals surface area contributed by atoms with E-state index in [9.17, 15) is 5.11 Å². The van der Waals surface area contributed by atoms with Crippen molar-refractivity contribution in [2.45, 2.75) is 32.4 Å². The lowest BCUT2D eigenvalue weighted by molar-refractivity contribution is 0.148. The van der Waals surface area contributed by atoms with Crippen molar-refractivity contribution < 1.29 is 9.84 Å². The molecular formula is C13H21NO2. The van der Waals surface area contributed by atoms with Crippen LogP contribution in [0.5, 0.6) is 5.75 Å². The van der Waals surface area contributed by atoms with E-state index in [1.807, 2.05) is 13.1 Å². The van der Waals surface area contributed by atoms with Crippen molar-refractivity contribution in [3.8, 4) is 5.75 Å². The number of aliphatic hydroxyl groups is 1. The summed E-state index contributed by atoms with van der Waals surface area (Å²) in [5.41, 5.74) is 2.26. The Hall–Kier alpha value is -1.06. The van der Waals surface area contributed by atoms with Crippen molar-refractivity contribution in [3.63, 3.8) is 0 Å². The molecule has 0 amide bonds. The molecule has 2 unspecified atom stereocenters. The smallest absolute Gasteiger partial charge is 0.123 e. The minimum absolute atomic E-state index is 0.0959. The maximum absolute atomic E-state index is 9.73. The molecule has 1 rings (SSSR count). The Morgan fingerprint density at radius 3 is 2.56 bits per heavy atom. The van der Waals surface area contributed by atoms with Crippen LogP contribution in [0.4, 0.5) is 0 Å². The fraction of sp³-hybridized carbons (Fsp3) is 0.538. The summed E-state index contributed by atoms with van der Waals surface area (Å²) < 4.78 is 5.33. The van der Waals surface area contributed by atoms with Gasteiger partial charge in [-0.2, -0.15) is 0 Å². The molecule has 1 aromatic carbocycles. The average molecular weight is 223 g/mol. The summed E-state index contributed by atoms with van der Waals surface area (Å²) in [5, 5.41) is 12.8. The quantitative estimate of drug-likeness (QED) is 0.801. The zero-order chi connectivity index (χ0) is 12.1. The molecule has 0 fully saturated rings. The number of rotatable bonds is 5. The van der Waals surface area contributed by atoms with Crippen LogP contribution in [0.25, 0.3) is 0 Å². The van der Waals surface area contributed by atoms with E-state index < -0.39 is 6.10 Å². The molecule has 16 heavy (non-hydrogen) atoms. The van der Waals surface area contributed by atoms with Crippen LogP contribution in [0.15, 0.2) is 18.2 Å². The van der Waals surface area contributed by atoms with Gasteiger partial charge in [-0.3, -0.25) is 0 Å². The van der Waals surface area contributed by atoms with E-state index in [0.717, 1.165) is 17.7 Å². The van der Waals surface area contributed by atoms with Crippen LogP contribution in [0, 0.1) is 0 Å². The minimum atomic E-state index is -0.453. The van der Waals surface area contributed by atoms with Gasteiger partial charge < -0.3 is 15.2 Å². The second-order valence-electron chi connectivity index (χ2n) is 3.94. The second-order valence-corrected chi connectivity index (χ2v) is 3.94. The van der Waals surface area contributed by atoms with Crippen molar-refractivity contribution >= 4 is 0 Å². The zero-order valence-corrected chi connectivity index (χ0v) is 10.4. The molecule has 1 aromatic rings. The molecule has 0 heterocycles. The Bertz CT molecular complexity index is 337. The van der Waals surface area contributed by atoms with Crippen LogP contribution < -0.4 is 10.1 Å². The normalized spacial score (nSPS) is 14.6. The van der Waals surface area contributed by atoms with Gasteiger partial charge in [0.05, 0.1) is 19.3 Å². The van der Waals surface area contributed by atoms with E-state index in [1.165, 1.54) is 5.56 Å². The Labute approximate surface area is 97.4 Å².